The van der Waals surface area contributed by atoms with E-state index in [1.807, 2.05) is 18.4 Å². The Morgan fingerprint density at radius 1 is 1.22 bits per heavy atom. The Hall–Kier alpha value is -1.82. The van der Waals surface area contributed by atoms with E-state index in [1.54, 1.807) is 6.07 Å². The Kier molecular flexibility index (Phi) is 7.13. The highest BCUT2D eigenvalue weighted by molar-refractivity contribution is 7.12. The highest BCUT2D eigenvalue weighted by atomic mass is 32.1. The number of unbranched alkanes of at least 4 members (excludes halogenated alkanes) is 4. The molecule has 0 spiro atoms. The van der Waals surface area contributed by atoms with E-state index in [4.69, 9.17) is 9.26 Å². The van der Waals surface area contributed by atoms with Crippen LogP contribution in [0.5, 0.6) is 5.75 Å². The van der Waals surface area contributed by atoms with Crippen LogP contribution in [0.2, 0.25) is 0 Å². The summed E-state index contributed by atoms with van der Waals surface area (Å²) in [5.41, 5.74) is 0.945. The van der Waals surface area contributed by atoms with Crippen molar-refractivity contribution in [2.75, 3.05) is 13.7 Å². The molecule has 0 aliphatic carbocycles. The van der Waals surface area contributed by atoms with Gasteiger partial charge in [-0.2, -0.15) is 0 Å². The fourth-order valence-electron chi connectivity index (χ4n) is 2.26. The Balaban J connectivity index is 1.49. The van der Waals surface area contributed by atoms with E-state index < -0.39 is 0 Å². The number of aromatic nitrogens is 1. The molecule has 5 nitrogen and oxygen atoms in total. The maximum atomic E-state index is 11.3. The van der Waals surface area contributed by atoms with Gasteiger partial charge in [-0.25, -0.2) is 4.79 Å². The monoisotopic (exact) mass is 337 g/mol. The molecule has 2 aromatic heterocycles. The lowest BCUT2D eigenvalue weighted by molar-refractivity contribution is 0.0606. The van der Waals surface area contributed by atoms with Gasteiger partial charge in [-0.15, -0.1) is 11.3 Å². The molecule has 6 heteroatoms. The molecule has 2 heterocycles. The summed E-state index contributed by atoms with van der Waals surface area (Å²) in [5, 5.41) is 5.72. The average molecular weight is 337 g/mol. The molecule has 0 aliphatic rings. The van der Waals surface area contributed by atoms with Crippen LogP contribution in [0.1, 0.15) is 53.2 Å². The van der Waals surface area contributed by atoms with E-state index in [1.165, 1.54) is 31.3 Å². The first-order chi connectivity index (χ1) is 11.2. The normalized spacial score (nSPS) is 10.7. The molecule has 0 saturated heterocycles. The number of nitrogens with zero attached hydrogens (tertiary/aromatic N) is 1. The minimum atomic E-state index is -0.313. The van der Waals surface area contributed by atoms with Crippen LogP contribution in [0.4, 0.5) is 0 Å². The van der Waals surface area contributed by atoms with Crippen molar-refractivity contribution < 1.29 is 18.8 Å². The van der Waals surface area contributed by atoms with Crippen molar-refractivity contribution in [2.45, 2.75) is 45.4 Å². The summed E-state index contributed by atoms with van der Waals surface area (Å²) in [6, 6.07) is 3.73. The Morgan fingerprint density at radius 2 is 2.00 bits per heavy atom. The molecule has 2 rings (SSSR count). The molecule has 126 valence electrons. The molecule has 0 unspecified atom stereocenters. The molecule has 0 saturated carbocycles. The van der Waals surface area contributed by atoms with E-state index in [-0.39, 0.29) is 5.97 Å². The van der Waals surface area contributed by atoms with Gasteiger partial charge in [0.05, 0.1) is 19.4 Å². The van der Waals surface area contributed by atoms with Gasteiger partial charge in [0.2, 0.25) is 0 Å². The van der Waals surface area contributed by atoms with Crippen LogP contribution in [0.3, 0.4) is 0 Å². The molecule has 0 aliphatic heterocycles. The number of ether oxygens (including phenoxy) is 2. The van der Waals surface area contributed by atoms with Gasteiger partial charge in [0.15, 0.2) is 0 Å². The number of carbonyl (C=O) groups excluding carboxylic acids is 1. The number of hydrogen-bond acceptors (Lipinski definition) is 6. The van der Waals surface area contributed by atoms with Crippen molar-refractivity contribution in [3.63, 3.8) is 0 Å². The zero-order chi connectivity index (χ0) is 16.5. The minimum Gasteiger partial charge on any atom is -0.493 e. The summed E-state index contributed by atoms with van der Waals surface area (Å²) in [5.74, 6) is 1.41. The lowest BCUT2D eigenvalue weighted by atomic mass is 10.1. The fraction of sp³-hybridized carbons (Fsp3) is 0.529. The van der Waals surface area contributed by atoms with Crippen LogP contribution in [-0.4, -0.2) is 24.8 Å². The summed E-state index contributed by atoms with van der Waals surface area (Å²) < 4.78 is 15.5. The van der Waals surface area contributed by atoms with Gasteiger partial charge >= 0.3 is 5.97 Å². The van der Waals surface area contributed by atoms with Gasteiger partial charge in [-0.3, -0.25) is 0 Å². The van der Waals surface area contributed by atoms with Crippen LogP contribution in [0, 0.1) is 6.92 Å². The third kappa shape index (κ3) is 6.06. The van der Waals surface area contributed by atoms with E-state index in [2.05, 4.69) is 9.89 Å². The van der Waals surface area contributed by atoms with Gasteiger partial charge in [0.1, 0.15) is 16.4 Å². The molecule has 0 fully saturated rings. The highest BCUT2D eigenvalue weighted by Crippen LogP contribution is 2.22. The molecule has 0 aromatic carbocycles. The van der Waals surface area contributed by atoms with Crippen LogP contribution in [-0.2, 0) is 11.2 Å². The zero-order valence-corrected chi connectivity index (χ0v) is 14.5. The highest BCUT2D eigenvalue weighted by Gasteiger charge is 2.09. The quantitative estimate of drug-likeness (QED) is 0.475. The van der Waals surface area contributed by atoms with E-state index >= 15 is 0 Å². The van der Waals surface area contributed by atoms with Crippen LogP contribution >= 0.6 is 11.3 Å². The van der Waals surface area contributed by atoms with Crippen LogP contribution in [0.15, 0.2) is 22.0 Å². The summed E-state index contributed by atoms with van der Waals surface area (Å²) in [7, 11) is 1.38. The van der Waals surface area contributed by atoms with E-state index in [0.29, 0.717) is 11.5 Å². The first-order valence-electron chi connectivity index (χ1n) is 7.91. The van der Waals surface area contributed by atoms with Crippen LogP contribution < -0.4 is 4.74 Å². The second-order valence-electron chi connectivity index (χ2n) is 5.44. The molecule has 0 amide bonds. The van der Waals surface area contributed by atoms with Crippen molar-refractivity contribution >= 4 is 17.3 Å². The van der Waals surface area contributed by atoms with Gasteiger partial charge in [0, 0.05) is 23.9 Å². The summed E-state index contributed by atoms with van der Waals surface area (Å²) in [6.07, 6.45) is 6.62. The smallest absolute Gasteiger partial charge is 0.348 e. The molecular formula is C17H23NO4S. The number of methoxy groups -OCH3 is 1. The lowest BCUT2D eigenvalue weighted by Crippen LogP contribution is -1.98. The number of carbonyl (C=O) groups is 1. The standard InChI is InChI=1S/C17H23NO4S/c1-13-10-14(22-18-13)8-6-4-3-5-7-9-21-15-11-16(23-12-15)17(19)20-2/h10-12H,3-9H2,1-2H3. The second-order valence-corrected chi connectivity index (χ2v) is 6.35. The van der Waals surface area contributed by atoms with Gasteiger partial charge in [-0.1, -0.05) is 24.4 Å². The van der Waals surface area contributed by atoms with Gasteiger partial charge in [0.25, 0.3) is 0 Å². The number of aryl methyl sites for hydroxylation is 2. The Bertz CT molecular complexity index is 605. The average Bonchev–Trinajstić information content (AvgIpc) is 3.18. The number of esters is 1. The summed E-state index contributed by atoms with van der Waals surface area (Å²) in [4.78, 5) is 11.9. The number of hydrogen-bond donors (Lipinski definition) is 0. The molecule has 0 radical (unpaired) electrons. The van der Waals surface area contributed by atoms with E-state index in [9.17, 15) is 4.79 Å². The zero-order valence-electron chi connectivity index (χ0n) is 13.7. The lowest BCUT2D eigenvalue weighted by Gasteiger charge is -2.03. The number of thiophene rings is 1. The van der Waals surface area contributed by atoms with Crippen molar-refractivity contribution in [3.05, 3.63) is 33.8 Å². The SMILES string of the molecule is COC(=O)c1cc(OCCCCCCCc2cc(C)no2)cs1. The first-order valence-corrected chi connectivity index (χ1v) is 8.79. The molecule has 0 atom stereocenters. The largest absolute Gasteiger partial charge is 0.493 e. The maximum absolute atomic E-state index is 11.3. The third-order valence-corrected chi connectivity index (χ3v) is 4.36. The molecule has 2 aromatic rings. The van der Waals surface area contributed by atoms with Crippen LogP contribution in [0.25, 0.3) is 0 Å². The van der Waals surface area contributed by atoms with Crippen molar-refractivity contribution in [2.24, 2.45) is 0 Å². The molecule has 0 bridgehead atoms. The Labute approximate surface area is 140 Å². The maximum Gasteiger partial charge on any atom is 0.348 e. The van der Waals surface area contributed by atoms with Crippen molar-refractivity contribution in [1.29, 1.82) is 0 Å². The minimum absolute atomic E-state index is 0.313. The molecular weight excluding hydrogens is 314 g/mol. The third-order valence-electron chi connectivity index (χ3n) is 3.47. The van der Waals surface area contributed by atoms with Gasteiger partial charge in [-0.05, 0) is 19.8 Å². The first kappa shape index (κ1) is 17.5. The topological polar surface area (TPSA) is 61.6 Å². The predicted octanol–water partition coefficient (Wildman–Crippen LogP) is 4.40. The second kappa shape index (κ2) is 9.35. The fourth-order valence-corrected chi connectivity index (χ4v) is 3.00. The van der Waals surface area contributed by atoms with Gasteiger partial charge < -0.3 is 14.0 Å². The predicted molar refractivity (Wildman–Crippen MR) is 89.2 cm³/mol. The van der Waals surface area contributed by atoms with Crippen molar-refractivity contribution in [1.82, 2.24) is 5.16 Å². The molecule has 0 N–H and O–H groups in total. The summed E-state index contributed by atoms with van der Waals surface area (Å²) >= 11 is 1.34. The molecule has 23 heavy (non-hydrogen) atoms. The Morgan fingerprint density at radius 3 is 2.74 bits per heavy atom. The summed E-state index contributed by atoms with van der Waals surface area (Å²) in [6.45, 7) is 2.62. The number of rotatable bonds is 10. The van der Waals surface area contributed by atoms with E-state index in [0.717, 1.165) is 42.9 Å². The van der Waals surface area contributed by atoms with Crippen molar-refractivity contribution in [3.8, 4) is 5.75 Å².